The molecule has 0 aliphatic heterocycles. The van der Waals surface area contributed by atoms with Crippen LogP contribution in [0, 0.1) is 5.92 Å². The van der Waals surface area contributed by atoms with Crippen molar-refractivity contribution in [3.63, 3.8) is 0 Å². The van der Waals surface area contributed by atoms with Crippen molar-refractivity contribution in [3.8, 4) is 0 Å². The number of halogens is 1. The molecule has 2 N–H and O–H groups in total. The summed E-state index contributed by atoms with van der Waals surface area (Å²) in [5, 5.41) is 0.737. The summed E-state index contributed by atoms with van der Waals surface area (Å²) in [6.07, 6.45) is 4.74. The van der Waals surface area contributed by atoms with E-state index in [9.17, 15) is 0 Å². The highest BCUT2D eigenvalue weighted by Crippen LogP contribution is 2.41. The van der Waals surface area contributed by atoms with Gasteiger partial charge in [-0.3, -0.25) is 0 Å². The quantitative estimate of drug-likeness (QED) is 0.918. The number of fused-ring (bicyclic) bond motifs is 1. The second kappa shape index (κ2) is 5.05. The molecule has 20 heavy (non-hydrogen) atoms. The lowest BCUT2D eigenvalue weighted by atomic mass is 9.70. The normalized spacial score (nSPS) is 27.1. The molecule has 2 aromatic rings. The zero-order valence-electron chi connectivity index (χ0n) is 12.2. The van der Waals surface area contributed by atoms with Crippen LogP contribution in [0.25, 0.3) is 11.0 Å². The first-order chi connectivity index (χ1) is 9.55. The van der Waals surface area contributed by atoms with E-state index in [-0.39, 0.29) is 5.41 Å². The van der Waals surface area contributed by atoms with Crippen molar-refractivity contribution in [1.82, 2.24) is 9.55 Å². The fourth-order valence-electron chi connectivity index (χ4n) is 3.48. The van der Waals surface area contributed by atoms with Gasteiger partial charge in [0.05, 0.1) is 11.0 Å². The summed E-state index contributed by atoms with van der Waals surface area (Å²) in [6.45, 7) is 3.00. The number of hydrogen-bond acceptors (Lipinski definition) is 2. The van der Waals surface area contributed by atoms with Gasteiger partial charge in [0, 0.05) is 24.0 Å². The van der Waals surface area contributed by atoms with Crippen LogP contribution in [0.15, 0.2) is 18.2 Å². The van der Waals surface area contributed by atoms with Gasteiger partial charge >= 0.3 is 0 Å². The van der Waals surface area contributed by atoms with Gasteiger partial charge in [0.25, 0.3) is 0 Å². The highest BCUT2D eigenvalue weighted by molar-refractivity contribution is 6.31. The molecule has 1 fully saturated rings. The molecule has 0 radical (unpaired) electrons. The number of aryl methyl sites for hydroxylation is 1. The molecule has 1 aromatic heterocycles. The maximum absolute atomic E-state index is 6.16. The predicted molar refractivity (Wildman–Crippen MR) is 84.1 cm³/mol. The van der Waals surface area contributed by atoms with Gasteiger partial charge in [0.15, 0.2) is 0 Å². The summed E-state index contributed by atoms with van der Waals surface area (Å²) in [5.41, 5.74) is 8.30. The molecule has 1 heterocycles. The number of rotatable bonds is 2. The van der Waals surface area contributed by atoms with Crippen LogP contribution >= 0.6 is 11.6 Å². The van der Waals surface area contributed by atoms with E-state index in [1.165, 1.54) is 12.8 Å². The van der Waals surface area contributed by atoms with Crippen molar-refractivity contribution >= 4 is 22.6 Å². The summed E-state index contributed by atoms with van der Waals surface area (Å²) < 4.78 is 2.20. The van der Waals surface area contributed by atoms with Crippen LogP contribution < -0.4 is 5.73 Å². The zero-order valence-corrected chi connectivity index (χ0v) is 13.0. The number of imidazole rings is 1. The minimum atomic E-state index is 0.0345. The number of benzene rings is 1. The number of nitrogens with zero attached hydrogens (tertiary/aromatic N) is 2. The molecule has 0 bridgehead atoms. The molecule has 1 aliphatic carbocycles. The Kier molecular flexibility index (Phi) is 3.51. The smallest absolute Gasteiger partial charge is 0.117 e. The first kappa shape index (κ1) is 13.9. The zero-order chi connectivity index (χ0) is 14.3. The predicted octanol–water partition coefficient (Wildman–Crippen LogP) is 3.63. The summed E-state index contributed by atoms with van der Waals surface area (Å²) in [4.78, 5) is 4.86. The summed E-state index contributed by atoms with van der Waals surface area (Å²) in [7, 11) is 2.09. The molecule has 108 valence electrons. The average Bonchev–Trinajstić information content (AvgIpc) is 2.77. The fourth-order valence-corrected chi connectivity index (χ4v) is 3.65. The topological polar surface area (TPSA) is 43.8 Å². The first-order valence-electron chi connectivity index (χ1n) is 7.38. The van der Waals surface area contributed by atoms with Crippen molar-refractivity contribution in [2.45, 2.75) is 38.0 Å². The van der Waals surface area contributed by atoms with Crippen LogP contribution in [0.2, 0.25) is 5.02 Å². The summed E-state index contributed by atoms with van der Waals surface area (Å²) in [5.74, 6) is 1.93. The lowest BCUT2D eigenvalue weighted by Crippen LogP contribution is -2.40. The third kappa shape index (κ3) is 2.13. The molecule has 3 rings (SSSR count). The Morgan fingerprint density at radius 3 is 2.75 bits per heavy atom. The number of aromatic nitrogens is 2. The number of nitrogens with two attached hydrogens (primary N) is 1. The van der Waals surface area contributed by atoms with Gasteiger partial charge in [-0.25, -0.2) is 4.98 Å². The van der Waals surface area contributed by atoms with E-state index in [1.807, 2.05) is 18.2 Å². The van der Waals surface area contributed by atoms with Gasteiger partial charge in [-0.15, -0.1) is 0 Å². The molecule has 3 nitrogen and oxygen atoms in total. The molecular weight excluding hydrogens is 270 g/mol. The van der Waals surface area contributed by atoms with Crippen molar-refractivity contribution < 1.29 is 0 Å². The van der Waals surface area contributed by atoms with E-state index < -0.39 is 0 Å². The minimum absolute atomic E-state index is 0.0345. The van der Waals surface area contributed by atoms with E-state index in [0.717, 1.165) is 40.6 Å². The molecule has 4 heteroatoms. The van der Waals surface area contributed by atoms with E-state index in [1.54, 1.807) is 0 Å². The van der Waals surface area contributed by atoms with Crippen LogP contribution in [-0.4, -0.2) is 16.1 Å². The van der Waals surface area contributed by atoms with E-state index in [0.29, 0.717) is 6.54 Å². The van der Waals surface area contributed by atoms with Crippen LogP contribution in [0.5, 0.6) is 0 Å². The Bertz CT molecular complexity index is 624. The highest BCUT2D eigenvalue weighted by Gasteiger charge is 2.38. The Balaban J connectivity index is 2.10. The van der Waals surface area contributed by atoms with Crippen LogP contribution in [-0.2, 0) is 12.5 Å². The van der Waals surface area contributed by atoms with Crippen molar-refractivity contribution in [1.29, 1.82) is 0 Å². The van der Waals surface area contributed by atoms with E-state index >= 15 is 0 Å². The maximum atomic E-state index is 6.16. The van der Waals surface area contributed by atoms with Crippen molar-refractivity contribution in [3.05, 3.63) is 29.0 Å². The Hall–Kier alpha value is -1.06. The molecule has 1 aliphatic rings. The molecule has 1 aromatic carbocycles. The Morgan fingerprint density at radius 2 is 2.10 bits per heavy atom. The molecule has 0 unspecified atom stereocenters. The summed E-state index contributed by atoms with van der Waals surface area (Å²) in [6, 6.07) is 5.91. The van der Waals surface area contributed by atoms with E-state index in [2.05, 4.69) is 18.5 Å². The lowest BCUT2D eigenvalue weighted by molar-refractivity contribution is 0.233. The fraction of sp³-hybridized carbons (Fsp3) is 0.562. The molecule has 0 atom stereocenters. The van der Waals surface area contributed by atoms with Crippen molar-refractivity contribution in [2.75, 3.05) is 6.54 Å². The summed E-state index contributed by atoms with van der Waals surface area (Å²) >= 11 is 6.08. The van der Waals surface area contributed by atoms with Crippen LogP contribution in [0.1, 0.15) is 38.4 Å². The largest absolute Gasteiger partial charge is 0.331 e. The minimum Gasteiger partial charge on any atom is -0.331 e. The molecule has 0 saturated heterocycles. The first-order valence-corrected chi connectivity index (χ1v) is 7.76. The molecular formula is C16H22ClN3. The average molecular weight is 292 g/mol. The Morgan fingerprint density at radius 1 is 1.40 bits per heavy atom. The molecule has 1 saturated carbocycles. The monoisotopic (exact) mass is 291 g/mol. The third-order valence-corrected chi connectivity index (χ3v) is 5.17. The van der Waals surface area contributed by atoms with Crippen molar-refractivity contribution in [2.24, 2.45) is 18.7 Å². The lowest BCUT2D eigenvalue weighted by Gasteiger charge is -2.37. The standard InChI is InChI=1S/C16H22ClN3/c1-11-5-7-16(10-18,8-6-11)15-19-13-9-12(17)3-4-14(13)20(15)2/h3-4,9,11H,5-8,10,18H2,1-2H3. The third-order valence-electron chi connectivity index (χ3n) is 4.94. The number of hydrogen-bond donors (Lipinski definition) is 1. The van der Waals surface area contributed by atoms with Gasteiger partial charge in [0.2, 0.25) is 0 Å². The van der Waals surface area contributed by atoms with Gasteiger partial charge in [-0.2, -0.15) is 0 Å². The second-order valence-corrected chi connectivity index (χ2v) is 6.73. The Labute approximate surface area is 125 Å². The van der Waals surface area contributed by atoms with Gasteiger partial charge in [0.1, 0.15) is 5.82 Å². The van der Waals surface area contributed by atoms with Gasteiger partial charge < -0.3 is 10.3 Å². The van der Waals surface area contributed by atoms with E-state index in [4.69, 9.17) is 22.3 Å². The molecule has 0 spiro atoms. The molecule has 0 amide bonds. The van der Waals surface area contributed by atoms with Crippen LogP contribution in [0.4, 0.5) is 0 Å². The highest BCUT2D eigenvalue weighted by atomic mass is 35.5. The maximum Gasteiger partial charge on any atom is 0.117 e. The second-order valence-electron chi connectivity index (χ2n) is 6.29. The van der Waals surface area contributed by atoms with Gasteiger partial charge in [-0.05, 0) is 49.8 Å². The SMILES string of the molecule is CC1CCC(CN)(c2nc3cc(Cl)ccc3n2C)CC1. The van der Waals surface area contributed by atoms with Gasteiger partial charge in [-0.1, -0.05) is 18.5 Å². The van der Waals surface area contributed by atoms with Crippen LogP contribution in [0.3, 0.4) is 0 Å².